The number of carbonyl (C=O) groups is 1. The first-order chi connectivity index (χ1) is 9.57. The number of sulfonamides is 1. The Balaban J connectivity index is 3.11. The molecule has 0 bridgehead atoms. The molecule has 118 valence electrons. The summed E-state index contributed by atoms with van der Waals surface area (Å²) in [5.41, 5.74) is -0.223. The minimum Gasteiger partial charge on any atom is -0.495 e. The van der Waals surface area contributed by atoms with E-state index in [4.69, 9.17) is 9.84 Å². The molecule has 1 aromatic rings. The van der Waals surface area contributed by atoms with E-state index in [0.717, 1.165) is 12.3 Å². The van der Waals surface area contributed by atoms with Crippen LogP contribution in [0.2, 0.25) is 0 Å². The summed E-state index contributed by atoms with van der Waals surface area (Å²) in [6.45, 7) is -0.318. The molecule has 0 unspecified atom stereocenters. The Labute approximate surface area is 122 Å². The Morgan fingerprint density at radius 3 is 2.38 bits per heavy atom. The zero-order chi connectivity index (χ0) is 16.3. The molecule has 10 heteroatoms. The van der Waals surface area contributed by atoms with Gasteiger partial charge in [0.2, 0.25) is 10.0 Å². The average molecular weight is 337 g/mol. The van der Waals surface area contributed by atoms with Crippen molar-refractivity contribution in [3.8, 4) is 5.75 Å². The first-order valence-electron chi connectivity index (χ1n) is 5.65. The van der Waals surface area contributed by atoms with Gasteiger partial charge < -0.3 is 9.84 Å². The van der Waals surface area contributed by atoms with E-state index >= 15 is 0 Å². The van der Waals surface area contributed by atoms with Gasteiger partial charge in [-0.1, -0.05) is 0 Å². The van der Waals surface area contributed by atoms with Crippen LogP contribution in [-0.4, -0.2) is 53.6 Å². The van der Waals surface area contributed by atoms with Gasteiger partial charge in [-0.2, -0.15) is 0 Å². The van der Waals surface area contributed by atoms with Crippen molar-refractivity contribution in [2.24, 2.45) is 0 Å². The van der Waals surface area contributed by atoms with Crippen LogP contribution in [-0.2, 0) is 19.9 Å². The number of carboxylic acid groups (broad SMARTS) is 1. The summed E-state index contributed by atoms with van der Waals surface area (Å²) in [7, 11) is -6.16. The van der Waals surface area contributed by atoms with Gasteiger partial charge in [-0.25, -0.2) is 26.4 Å². The molecule has 0 aliphatic carbocycles. The minimum absolute atomic E-state index is 0.0353. The second kappa shape index (κ2) is 6.41. The summed E-state index contributed by atoms with van der Waals surface area (Å²) in [5, 5.41) is 8.89. The van der Waals surface area contributed by atoms with Crippen LogP contribution in [0.15, 0.2) is 23.1 Å². The van der Waals surface area contributed by atoms with Crippen LogP contribution in [0.3, 0.4) is 0 Å². The van der Waals surface area contributed by atoms with Gasteiger partial charge >= 0.3 is 5.97 Å². The van der Waals surface area contributed by atoms with Crippen molar-refractivity contribution in [3.05, 3.63) is 23.8 Å². The topological polar surface area (TPSA) is 127 Å². The van der Waals surface area contributed by atoms with E-state index in [1.165, 1.54) is 19.2 Å². The maximum absolute atomic E-state index is 12.1. The summed E-state index contributed by atoms with van der Waals surface area (Å²) in [6.07, 6.45) is 0.979. The first kappa shape index (κ1) is 17.4. The molecule has 1 aromatic carbocycles. The predicted octanol–water partition coefficient (Wildman–Crippen LogP) is -0.284. The monoisotopic (exact) mass is 337 g/mol. The fraction of sp³-hybridized carbons (Fsp3) is 0.364. The number of hydrogen-bond donors (Lipinski definition) is 2. The van der Waals surface area contributed by atoms with Gasteiger partial charge in [0.25, 0.3) is 0 Å². The number of ether oxygens (including phenoxy) is 1. The minimum atomic E-state index is -4.08. The second-order valence-corrected chi connectivity index (χ2v) is 8.19. The molecule has 0 atom stereocenters. The summed E-state index contributed by atoms with van der Waals surface area (Å²) in [4.78, 5) is 10.5. The number of benzene rings is 1. The van der Waals surface area contributed by atoms with Crippen molar-refractivity contribution in [3.63, 3.8) is 0 Å². The Kier molecular flexibility index (Phi) is 5.31. The number of aromatic carboxylic acids is 1. The van der Waals surface area contributed by atoms with E-state index in [1.54, 1.807) is 0 Å². The van der Waals surface area contributed by atoms with E-state index in [-0.39, 0.29) is 28.5 Å². The van der Waals surface area contributed by atoms with Gasteiger partial charge in [0, 0.05) is 12.8 Å². The number of rotatable bonds is 7. The molecule has 0 saturated heterocycles. The van der Waals surface area contributed by atoms with Gasteiger partial charge in [0.15, 0.2) is 0 Å². The summed E-state index contributed by atoms with van der Waals surface area (Å²) in [5.74, 6) is -1.69. The van der Waals surface area contributed by atoms with Gasteiger partial charge in [-0.15, -0.1) is 0 Å². The SMILES string of the molecule is COc1ccc(C(=O)O)cc1S(=O)(=O)NCCS(C)(=O)=O. The van der Waals surface area contributed by atoms with Crippen LogP contribution in [0, 0.1) is 0 Å². The third-order valence-corrected chi connectivity index (χ3v) is 4.89. The van der Waals surface area contributed by atoms with Gasteiger partial charge in [0.1, 0.15) is 20.5 Å². The largest absolute Gasteiger partial charge is 0.495 e. The number of methoxy groups -OCH3 is 1. The average Bonchev–Trinajstić information content (AvgIpc) is 2.36. The van der Waals surface area contributed by atoms with E-state index in [0.29, 0.717) is 0 Å². The molecule has 1 rings (SSSR count). The van der Waals surface area contributed by atoms with E-state index in [2.05, 4.69) is 4.72 Å². The Morgan fingerprint density at radius 1 is 1.29 bits per heavy atom. The molecule has 0 aliphatic rings. The molecule has 0 radical (unpaired) electrons. The van der Waals surface area contributed by atoms with Crippen LogP contribution >= 0.6 is 0 Å². The predicted molar refractivity (Wildman–Crippen MR) is 74.9 cm³/mol. The molecule has 0 aromatic heterocycles. The van der Waals surface area contributed by atoms with Gasteiger partial charge in [-0.05, 0) is 18.2 Å². The molecule has 8 nitrogen and oxygen atoms in total. The van der Waals surface area contributed by atoms with E-state index < -0.39 is 25.8 Å². The van der Waals surface area contributed by atoms with E-state index in [9.17, 15) is 21.6 Å². The lowest BCUT2D eigenvalue weighted by molar-refractivity contribution is 0.0696. The van der Waals surface area contributed by atoms with Crippen molar-refractivity contribution >= 4 is 25.8 Å². The molecule has 21 heavy (non-hydrogen) atoms. The molecule has 0 spiro atoms. The normalized spacial score (nSPS) is 12.1. The molecule has 0 heterocycles. The van der Waals surface area contributed by atoms with Crippen LogP contribution < -0.4 is 9.46 Å². The molecule has 0 amide bonds. The highest BCUT2D eigenvalue weighted by Crippen LogP contribution is 2.24. The van der Waals surface area contributed by atoms with E-state index in [1.807, 2.05) is 0 Å². The summed E-state index contributed by atoms with van der Waals surface area (Å²) in [6, 6.07) is 3.37. The molecule has 0 saturated carbocycles. The zero-order valence-corrected chi connectivity index (χ0v) is 13.0. The molecular formula is C11H15NO7S2. The third-order valence-electron chi connectivity index (χ3n) is 2.47. The van der Waals surface area contributed by atoms with Crippen molar-refractivity contribution in [2.45, 2.75) is 4.90 Å². The Bertz CT molecular complexity index is 738. The second-order valence-electron chi connectivity index (χ2n) is 4.20. The maximum Gasteiger partial charge on any atom is 0.335 e. The third kappa shape index (κ3) is 4.99. The van der Waals surface area contributed by atoms with Gasteiger partial charge in [-0.3, -0.25) is 0 Å². The highest BCUT2D eigenvalue weighted by atomic mass is 32.2. The highest BCUT2D eigenvalue weighted by Gasteiger charge is 2.21. The molecule has 0 fully saturated rings. The first-order valence-corrected chi connectivity index (χ1v) is 9.20. The molecular weight excluding hydrogens is 322 g/mol. The lowest BCUT2D eigenvalue weighted by Crippen LogP contribution is -2.29. The zero-order valence-electron chi connectivity index (χ0n) is 11.4. The maximum atomic E-state index is 12.1. The van der Waals surface area contributed by atoms with Crippen molar-refractivity contribution in [1.29, 1.82) is 0 Å². The Morgan fingerprint density at radius 2 is 1.90 bits per heavy atom. The smallest absolute Gasteiger partial charge is 0.335 e. The lowest BCUT2D eigenvalue weighted by Gasteiger charge is -2.11. The number of carboxylic acids is 1. The van der Waals surface area contributed by atoms with Crippen molar-refractivity contribution < 1.29 is 31.5 Å². The standard InChI is InChI=1S/C11H15NO7S2/c1-19-9-4-3-8(11(13)14)7-10(9)21(17,18)12-5-6-20(2,15)16/h3-4,7,12H,5-6H2,1-2H3,(H,13,14). The fourth-order valence-corrected chi connectivity index (χ4v) is 3.29. The molecule has 0 aliphatic heterocycles. The van der Waals surface area contributed by atoms with Gasteiger partial charge in [0.05, 0.1) is 18.4 Å². The van der Waals surface area contributed by atoms with Crippen LogP contribution in [0.1, 0.15) is 10.4 Å². The summed E-state index contributed by atoms with van der Waals surface area (Å²) < 4.78 is 53.1. The van der Waals surface area contributed by atoms with Crippen LogP contribution in [0.4, 0.5) is 0 Å². The van der Waals surface area contributed by atoms with Crippen molar-refractivity contribution in [2.75, 3.05) is 25.7 Å². The highest BCUT2D eigenvalue weighted by molar-refractivity contribution is 7.91. The Hall–Kier alpha value is -1.65. The summed E-state index contributed by atoms with van der Waals surface area (Å²) >= 11 is 0. The number of nitrogens with one attached hydrogen (secondary N) is 1. The van der Waals surface area contributed by atoms with Crippen LogP contribution in [0.5, 0.6) is 5.75 Å². The fourth-order valence-electron chi connectivity index (χ4n) is 1.46. The van der Waals surface area contributed by atoms with Crippen LogP contribution in [0.25, 0.3) is 0 Å². The van der Waals surface area contributed by atoms with Crippen molar-refractivity contribution in [1.82, 2.24) is 4.72 Å². The number of hydrogen-bond acceptors (Lipinski definition) is 6. The molecule has 2 N–H and O–H groups in total. The lowest BCUT2D eigenvalue weighted by atomic mass is 10.2. The number of sulfone groups is 1. The quantitative estimate of drug-likeness (QED) is 0.700.